The molecule has 0 aromatic heterocycles. The first-order chi connectivity index (χ1) is 8.04. The predicted molar refractivity (Wildman–Crippen MR) is 64.5 cm³/mol. The summed E-state index contributed by atoms with van der Waals surface area (Å²) in [5.74, 6) is 0.653. The number of hydrogen-bond donors (Lipinski definition) is 1. The van der Waals surface area contributed by atoms with Crippen molar-refractivity contribution in [3.8, 4) is 0 Å². The van der Waals surface area contributed by atoms with Crippen LogP contribution < -0.4 is 5.32 Å². The van der Waals surface area contributed by atoms with E-state index in [2.05, 4.69) is 5.32 Å². The third-order valence-electron chi connectivity index (χ3n) is 2.35. The first kappa shape index (κ1) is 14.2. The smallest absolute Gasteiger partial charge is 0.385 e. The van der Waals surface area contributed by atoms with E-state index in [1.165, 1.54) is 12.1 Å². The second kappa shape index (κ2) is 6.74. The third-order valence-corrected chi connectivity index (χ3v) is 2.62. The van der Waals surface area contributed by atoms with Crippen molar-refractivity contribution in [1.29, 1.82) is 0 Å². The highest BCUT2D eigenvalue weighted by molar-refractivity contribution is 6.17. The van der Waals surface area contributed by atoms with Gasteiger partial charge >= 0.3 is 6.18 Å². The Balaban J connectivity index is 2.36. The van der Waals surface area contributed by atoms with Crippen molar-refractivity contribution in [2.75, 3.05) is 17.7 Å². The van der Waals surface area contributed by atoms with Gasteiger partial charge in [-0.3, -0.25) is 0 Å². The molecule has 96 valence electrons. The van der Waals surface area contributed by atoms with Gasteiger partial charge in [0.2, 0.25) is 0 Å². The molecule has 0 unspecified atom stereocenters. The summed E-state index contributed by atoms with van der Waals surface area (Å²) in [6.45, 7) is 0.752. The Morgan fingerprint density at radius 1 is 1.00 bits per heavy atom. The molecule has 0 amide bonds. The molecule has 0 radical (unpaired) electrons. The normalized spacial score (nSPS) is 11.5. The van der Waals surface area contributed by atoms with Crippen molar-refractivity contribution in [3.05, 3.63) is 29.8 Å². The zero-order chi connectivity index (χ0) is 12.7. The quantitative estimate of drug-likeness (QED) is 0.589. The molecule has 1 aromatic rings. The number of anilines is 1. The van der Waals surface area contributed by atoms with Gasteiger partial charge in [0.25, 0.3) is 0 Å². The monoisotopic (exact) mass is 265 g/mol. The van der Waals surface area contributed by atoms with Crippen molar-refractivity contribution >= 4 is 17.3 Å². The molecule has 0 bridgehead atoms. The van der Waals surface area contributed by atoms with Gasteiger partial charge in [-0.05, 0) is 37.1 Å². The van der Waals surface area contributed by atoms with Crippen LogP contribution in [0.4, 0.5) is 18.9 Å². The van der Waals surface area contributed by atoms with Crippen LogP contribution in [0.1, 0.15) is 24.8 Å². The first-order valence-electron chi connectivity index (χ1n) is 5.51. The van der Waals surface area contributed by atoms with Crippen LogP contribution in [0, 0.1) is 0 Å². The molecule has 1 aromatic carbocycles. The van der Waals surface area contributed by atoms with Gasteiger partial charge in [-0.25, -0.2) is 0 Å². The summed E-state index contributed by atoms with van der Waals surface area (Å²) in [5.41, 5.74) is 0.0917. The Kier molecular flexibility index (Phi) is 5.62. The van der Waals surface area contributed by atoms with Crippen LogP contribution >= 0.6 is 11.6 Å². The van der Waals surface area contributed by atoms with E-state index in [1.54, 1.807) is 0 Å². The highest BCUT2D eigenvalue weighted by Gasteiger charge is 2.29. The number of rotatable bonds is 6. The van der Waals surface area contributed by atoms with Gasteiger partial charge in [0.05, 0.1) is 5.56 Å². The largest absolute Gasteiger partial charge is 0.416 e. The van der Waals surface area contributed by atoms with Crippen LogP contribution in [-0.4, -0.2) is 12.4 Å². The number of halogens is 4. The number of nitrogens with one attached hydrogen (secondary N) is 1. The molecule has 0 atom stereocenters. The van der Waals surface area contributed by atoms with Crippen molar-refractivity contribution in [3.63, 3.8) is 0 Å². The molecule has 1 rings (SSSR count). The standard InChI is InChI=1S/C12H15ClF3N/c13-8-2-1-3-9-17-11-6-4-10(5-7-11)12(14,15)16/h4-7,17H,1-3,8-9H2. The number of unbranched alkanes of at least 4 members (excludes halogenated alkanes) is 2. The number of alkyl halides is 4. The van der Waals surface area contributed by atoms with Crippen molar-refractivity contribution in [2.24, 2.45) is 0 Å². The lowest BCUT2D eigenvalue weighted by Crippen LogP contribution is -2.06. The van der Waals surface area contributed by atoms with E-state index >= 15 is 0 Å². The first-order valence-corrected chi connectivity index (χ1v) is 6.04. The van der Waals surface area contributed by atoms with E-state index in [0.29, 0.717) is 11.6 Å². The van der Waals surface area contributed by atoms with Gasteiger partial charge in [0.1, 0.15) is 0 Å². The fraction of sp³-hybridized carbons (Fsp3) is 0.500. The Hall–Kier alpha value is -0.900. The summed E-state index contributed by atoms with van der Waals surface area (Å²) in [6.07, 6.45) is -1.31. The number of hydrogen-bond acceptors (Lipinski definition) is 1. The highest BCUT2D eigenvalue weighted by Crippen LogP contribution is 2.29. The van der Waals surface area contributed by atoms with Gasteiger partial charge in [0, 0.05) is 18.1 Å². The average Bonchev–Trinajstić information content (AvgIpc) is 2.28. The summed E-state index contributed by atoms with van der Waals surface area (Å²) in [6, 6.07) is 5.07. The van der Waals surface area contributed by atoms with E-state index in [9.17, 15) is 13.2 Å². The molecule has 0 aliphatic carbocycles. The maximum absolute atomic E-state index is 12.3. The number of benzene rings is 1. The minimum atomic E-state index is -4.27. The Bertz CT molecular complexity index is 322. The summed E-state index contributed by atoms with van der Waals surface area (Å²) in [7, 11) is 0. The molecular formula is C12H15ClF3N. The molecule has 0 heterocycles. The Morgan fingerprint density at radius 2 is 1.65 bits per heavy atom. The molecule has 0 aliphatic rings. The molecule has 0 aliphatic heterocycles. The lowest BCUT2D eigenvalue weighted by atomic mass is 10.2. The maximum atomic E-state index is 12.3. The molecule has 1 N–H and O–H groups in total. The van der Waals surface area contributed by atoms with E-state index < -0.39 is 11.7 Å². The van der Waals surface area contributed by atoms with Crippen LogP contribution in [-0.2, 0) is 6.18 Å². The lowest BCUT2D eigenvalue weighted by molar-refractivity contribution is -0.137. The van der Waals surface area contributed by atoms with E-state index in [4.69, 9.17) is 11.6 Å². The van der Waals surface area contributed by atoms with E-state index in [1.807, 2.05) is 0 Å². The minimum absolute atomic E-state index is 0.620. The summed E-state index contributed by atoms with van der Waals surface area (Å²) in [5, 5.41) is 3.07. The molecule has 0 saturated carbocycles. The molecular weight excluding hydrogens is 251 g/mol. The van der Waals surface area contributed by atoms with Crippen molar-refractivity contribution in [2.45, 2.75) is 25.4 Å². The molecule has 0 spiro atoms. The second-order valence-corrected chi connectivity index (χ2v) is 4.13. The molecule has 0 fully saturated rings. The highest BCUT2D eigenvalue weighted by atomic mass is 35.5. The summed E-state index contributed by atoms with van der Waals surface area (Å²) >= 11 is 5.53. The molecule has 17 heavy (non-hydrogen) atoms. The van der Waals surface area contributed by atoms with Crippen LogP contribution in [0.2, 0.25) is 0 Å². The van der Waals surface area contributed by atoms with Gasteiger partial charge in [-0.15, -0.1) is 11.6 Å². The van der Waals surface area contributed by atoms with Crippen LogP contribution in [0.3, 0.4) is 0 Å². The SMILES string of the molecule is FC(F)(F)c1ccc(NCCCCCCl)cc1. The Morgan fingerprint density at radius 3 is 2.18 bits per heavy atom. The van der Waals surface area contributed by atoms with Crippen molar-refractivity contribution < 1.29 is 13.2 Å². The van der Waals surface area contributed by atoms with Crippen LogP contribution in [0.15, 0.2) is 24.3 Å². The van der Waals surface area contributed by atoms with Gasteiger partial charge in [-0.1, -0.05) is 6.42 Å². The van der Waals surface area contributed by atoms with Crippen molar-refractivity contribution in [1.82, 2.24) is 0 Å². The average molecular weight is 266 g/mol. The van der Waals surface area contributed by atoms with E-state index in [-0.39, 0.29) is 0 Å². The van der Waals surface area contributed by atoms with Gasteiger partial charge in [-0.2, -0.15) is 13.2 Å². The van der Waals surface area contributed by atoms with Crippen LogP contribution in [0.5, 0.6) is 0 Å². The Labute approximate surface area is 104 Å². The summed E-state index contributed by atoms with van der Waals surface area (Å²) < 4.78 is 36.8. The summed E-state index contributed by atoms with van der Waals surface area (Å²) in [4.78, 5) is 0. The third kappa shape index (κ3) is 5.31. The van der Waals surface area contributed by atoms with Gasteiger partial charge < -0.3 is 5.32 Å². The van der Waals surface area contributed by atoms with E-state index in [0.717, 1.165) is 37.9 Å². The second-order valence-electron chi connectivity index (χ2n) is 3.75. The lowest BCUT2D eigenvalue weighted by Gasteiger charge is -2.09. The predicted octanol–water partition coefficient (Wildman–Crippen LogP) is 4.53. The maximum Gasteiger partial charge on any atom is 0.416 e. The molecule has 5 heteroatoms. The molecule has 0 saturated heterocycles. The van der Waals surface area contributed by atoms with Gasteiger partial charge in [0.15, 0.2) is 0 Å². The fourth-order valence-corrected chi connectivity index (χ4v) is 1.60. The minimum Gasteiger partial charge on any atom is -0.385 e. The fourth-order valence-electron chi connectivity index (χ4n) is 1.41. The zero-order valence-corrected chi connectivity index (χ0v) is 10.1. The molecule has 1 nitrogen and oxygen atoms in total. The van der Waals surface area contributed by atoms with Crippen LogP contribution in [0.25, 0.3) is 0 Å². The zero-order valence-electron chi connectivity index (χ0n) is 9.36. The topological polar surface area (TPSA) is 12.0 Å².